The first-order chi connectivity index (χ1) is 17.4. The molecule has 1 aromatic carbocycles. The van der Waals surface area contributed by atoms with Crippen LogP contribution >= 0.6 is 22.7 Å². The van der Waals surface area contributed by atoms with Crippen molar-refractivity contribution in [1.29, 1.82) is 0 Å². The summed E-state index contributed by atoms with van der Waals surface area (Å²) >= 11 is 2.67. The standard InChI is InChI=1S/C27H30N2O5S2/c1-29(15-14-25(31)28-20-8-6-19(18-30)7-9-20)21-10-12-22(13-11-21)34-26(32)27(33,23-4-2-16-35-23)24-5-3-17-36-24/h2-9,16-18,21-22,33H,10-15H2,1H3,(H,28,31)/t21-,22-. The molecule has 1 aliphatic carbocycles. The molecule has 0 radical (unpaired) electrons. The number of aldehydes is 1. The van der Waals surface area contributed by atoms with E-state index in [1.54, 1.807) is 36.4 Å². The molecule has 1 amide bonds. The molecule has 1 saturated carbocycles. The summed E-state index contributed by atoms with van der Waals surface area (Å²) in [5.74, 6) is -0.702. The normalized spacial score (nSPS) is 18.1. The third-order valence-corrected chi connectivity index (χ3v) is 8.57. The number of carbonyl (C=O) groups excluding carboxylic acids is 3. The Morgan fingerprint density at radius 3 is 2.19 bits per heavy atom. The zero-order chi connectivity index (χ0) is 25.5. The van der Waals surface area contributed by atoms with Crippen molar-refractivity contribution >= 4 is 46.5 Å². The number of hydrogen-bond acceptors (Lipinski definition) is 8. The Bertz CT molecular complexity index is 1100. The Kier molecular flexibility index (Phi) is 8.68. The van der Waals surface area contributed by atoms with Gasteiger partial charge in [-0.15, -0.1) is 22.7 Å². The molecular weight excluding hydrogens is 496 g/mol. The Labute approximate surface area is 218 Å². The number of nitrogens with one attached hydrogen (secondary N) is 1. The number of thiophene rings is 2. The van der Waals surface area contributed by atoms with E-state index in [9.17, 15) is 19.5 Å². The van der Waals surface area contributed by atoms with Crippen LogP contribution in [0.15, 0.2) is 59.3 Å². The van der Waals surface area contributed by atoms with Gasteiger partial charge in [-0.1, -0.05) is 12.1 Å². The van der Waals surface area contributed by atoms with Crippen LogP contribution in [0.4, 0.5) is 5.69 Å². The minimum atomic E-state index is -1.78. The lowest BCUT2D eigenvalue weighted by atomic mass is 9.91. The summed E-state index contributed by atoms with van der Waals surface area (Å²) in [6, 6.07) is 14.2. The monoisotopic (exact) mass is 526 g/mol. The van der Waals surface area contributed by atoms with Crippen LogP contribution < -0.4 is 5.32 Å². The van der Waals surface area contributed by atoms with Gasteiger partial charge < -0.3 is 20.1 Å². The number of hydrogen-bond donors (Lipinski definition) is 2. The van der Waals surface area contributed by atoms with Crippen molar-refractivity contribution in [3.05, 3.63) is 74.6 Å². The number of aliphatic hydroxyl groups is 1. The van der Waals surface area contributed by atoms with Gasteiger partial charge in [0.2, 0.25) is 11.5 Å². The number of esters is 1. The number of carbonyl (C=O) groups is 3. The molecule has 0 spiro atoms. The fourth-order valence-electron chi connectivity index (χ4n) is 4.46. The van der Waals surface area contributed by atoms with E-state index >= 15 is 0 Å². The lowest BCUT2D eigenvalue weighted by Gasteiger charge is -2.35. The molecule has 0 atom stereocenters. The lowest BCUT2D eigenvalue weighted by molar-refractivity contribution is -0.169. The van der Waals surface area contributed by atoms with Crippen LogP contribution in [0.3, 0.4) is 0 Å². The van der Waals surface area contributed by atoms with Gasteiger partial charge in [0, 0.05) is 30.3 Å². The fourth-order valence-corrected chi connectivity index (χ4v) is 6.18. The van der Waals surface area contributed by atoms with Crippen LogP contribution in [0, 0.1) is 0 Å². The molecule has 1 fully saturated rings. The lowest BCUT2D eigenvalue weighted by Crippen LogP contribution is -2.42. The molecule has 0 aliphatic heterocycles. The molecule has 2 heterocycles. The third kappa shape index (κ3) is 6.10. The zero-order valence-corrected chi connectivity index (χ0v) is 21.7. The molecule has 3 aromatic rings. The first kappa shape index (κ1) is 26.2. The molecule has 2 aromatic heterocycles. The molecule has 4 rings (SSSR count). The van der Waals surface area contributed by atoms with Gasteiger partial charge in [0.05, 0.1) is 9.75 Å². The number of ether oxygens (including phenoxy) is 1. The quantitative estimate of drug-likeness (QED) is 0.294. The minimum absolute atomic E-state index is 0.0789. The van der Waals surface area contributed by atoms with Gasteiger partial charge >= 0.3 is 5.97 Å². The highest BCUT2D eigenvalue weighted by atomic mass is 32.1. The molecule has 0 bridgehead atoms. The molecule has 9 heteroatoms. The van der Waals surface area contributed by atoms with Crippen LogP contribution in [-0.4, -0.2) is 53.9 Å². The maximum atomic E-state index is 13.2. The summed E-state index contributed by atoms with van der Waals surface area (Å²) in [5.41, 5.74) is -0.547. The highest BCUT2D eigenvalue weighted by molar-refractivity contribution is 7.12. The average molecular weight is 527 g/mol. The number of nitrogens with zero attached hydrogens (tertiary/aromatic N) is 1. The first-order valence-electron chi connectivity index (χ1n) is 12.0. The van der Waals surface area contributed by atoms with Crippen LogP contribution in [0.2, 0.25) is 0 Å². The van der Waals surface area contributed by atoms with E-state index in [4.69, 9.17) is 4.74 Å². The predicted molar refractivity (Wildman–Crippen MR) is 141 cm³/mol. The van der Waals surface area contributed by atoms with E-state index in [-0.39, 0.29) is 12.0 Å². The van der Waals surface area contributed by atoms with Crippen molar-refractivity contribution < 1.29 is 24.2 Å². The summed E-state index contributed by atoms with van der Waals surface area (Å²) in [6.07, 6.45) is 3.99. The predicted octanol–water partition coefficient (Wildman–Crippen LogP) is 4.67. The van der Waals surface area contributed by atoms with Crippen molar-refractivity contribution in [1.82, 2.24) is 4.90 Å². The van der Waals surface area contributed by atoms with Crippen LogP contribution in [0.5, 0.6) is 0 Å². The van der Waals surface area contributed by atoms with E-state index in [0.717, 1.165) is 19.1 Å². The molecule has 0 saturated heterocycles. The second-order valence-corrected chi connectivity index (χ2v) is 10.9. The molecule has 36 heavy (non-hydrogen) atoms. The number of rotatable bonds is 10. The van der Waals surface area contributed by atoms with Crippen molar-refractivity contribution in [2.45, 2.75) is 49.9 Å². The van der Waals surface area contributed by atoms with E-state index in [0.29, 0.717) is 52.9 Å². The van der Waals surface area contributed by atoms with Gasteiger partial charge in [0.15, 0.2) is 0 Å². The highest BCUT2D eigenvalue weighted by Crippen LogP contribution is 2.38. The van der Waals surface area contributed by atoms with Crippen molar-refractivity contribution in [2.24, 2.45) is 0 Å². The fraction of sp³-hybridized carbons (Fsp3) is 0.370. The summed E-state index contributed by atoms with van der Waals surface area (Å²) in [7, 11) is 2.01. The van der Waals surface area contributed by atoms with Gasteiger partial charge in [-0.2, -0.15) is 0 Å². The third-order valence-electron chi connectivity index (χ3n) is 6.61. The van der Waals surface area contributed by atoms with Crippen molar-refractivity contribution in [3.63, 3.8) is 0 Å². The van der Waals surface area contributed by atoms with Gasteiger partial charge in [-0.25, -0.2) is 4.79 Å². The van der Waals surface area contributed by atoms with E-state index < -0.39 is 11.6 Å². The molecule has 2 N–H and O–H groups in total. The summed E-state index contributed by atoms with van der Waals surface area (Å²) in [5, 5.41) is 17.9. The summed E-state index contributed by atoms with van der Waals surface area (Å²) in [6.45, 7) is 0.615. The highest BCUT2D eigenvalue weighted by Gasteiger charge is 2.45. The smallest absolute Gasteiger partial charge is 0.349 e. The number of amides is 1. The van der Waals surface area contributed by atoms with Crippen molar-refractivity contribution in [3.8, 4) is 0 Å². The average Bonchev–Trinajstić information content (AvgIpc) is 3.63. The molecule has 7 nitrogen and oxygen atoms in total. The van der Waals surface area contributed by atoms with E-state index in [2.05, 4.69) is 10.2 Å². The Morgan fingerprint density at radius 2 is 1.67 bits per heavy atom. The maximum absolute atomic E-state index is 13.2. The minimum Gasteiger partial charge on any atom is -0.460 e. The Balaban J connectivity index is 1.25. The van der Waals surface area contributed by atoms with E-state index in [1.165, 1.54) is 22.7 Å². The van der Waals surface area contributed by atoms with Crippen LogP contribution in [-0.2, 0) is 19.9 Å². The summed E-state index contributed by atoms with van der Waals surface area (Å²) in [4.78, 5) is 39.6. The molecular formula is C27H30N2O5S2. The van der Waals surface area contributed by atoms with Crippen LogP contribution in [0.1, 0.15) is 52.2 Å². The van der Waals surface area contributed by atoms with Gasteiger partial charge in [-0.3, -0.25) is 9.59 Å². The molecule has 1 aliphatic rings. The van der Waals surface area contributed by atoms with Crippen LogP contribution in [0.25, 0.3) is 0 Å². The molecule has 0 unspecified atom stereocenters. The summed E-state index contributed by atoms with van der Waals surface area (Å²) < 4.78 is 5.83. The van der Waals surface area contributed by atoms with E-state index in [1.807, 2.05) is 29.9 Å². The topological polar surface area (TPSA) is 95.9 Å². The first-order valence-corrected chi connectivity index (χ1v) is 13.7. The number of benzene rings is 1. The zero-order valence-electron chi connectivity index (χ0n) is 20.1. The number of anilines is 1. The Hall–Kier alpha value is -2.85. The van der Waals surface area contributed by atoms with Gasteiger partial charge in [0.25, 0.3) is 0 Å². The van der Waals surface area contributed by atoms with Gasteiger partial charge in [-0.05, 0) is 79.9 Å². The second kappa shape index (κ2) is 11.9. The maximum Gasteiger partial charge on any atom is 0.349 e. The van der Waals surface area contributed by atoms with Crippen molar-refractivity contribution in [2.75, 3.05) is 18.9 Å². The molecule has 190 valence electrons. The van der Waals surface area contributed by atoms with Gasteiger partial charge in [0.1, 0.15) is 12.4 Å². The largest absolute Gasteiger partial charge is 0.460 e. The second-order valence-electron chi connectivity index (χ2n) is 9.02. The SMILES string of the molecule is CN(CCC(=O)Nc1ccc(C=O)cc1)[C@H]1CC[C@H](OC(=O)C(O)(c2cccs2)c2cccs2)CC1. The Morgan fingerprint density at radius 1 is 1.06 bits per heavy atom.